The number of nitrogens with zero attached hydrogens (tertiary/aromatic N) is 4. The number of likely N-dealkylation sites (N-methyl/N-ethyl adjacent to an activating group) is 1. The number of benzene rings is 1. The van der Waals surface area contributed by atoms with Crippen molar-refractivity contribution in [3.8, 4) is 0 Å². The Labute approximate surface area is 147 Å². The van der Waals surface area contributed by atoms with Crippen molar-refractivity contribution in [2.24, 2.45) is 7.05 Å². The summed E-state index contributed by atoms with van der Waals surface area (Å²) in [7, 11) is 3.94. The molecule has 7 heteroatoms. The number of piperazine rings is 1. The van der Waals surface area contributed by atoms with Crippen LogP contribution in [0.1, 0.15) is 16.1 Å². The van der Waals surface area contributed by atoms with Crippen LogP contribution in [0.25, 0.3) is 0 Å². The number of carbonyl (C=O) groups excluding carboxylic acids is 1. The van der Waals surface area contributed by atoms with Crippen molar-refractivity contribution >= 4 is 28.9 Å². The van der Waals surface area contributed by atoms with Gasteiger partial charge in [-0.1, -0.05) is 11.6 Å². The molecule has 24 heavy (non-hydrogen) atoms. The molecule has 0 bridgehead atoms. The predicted octanol–water partition coefficient (Wildman–Crippen LogP) is 2.39. The summed E-state index contributed by atoms with van der Waals surface area (Å²) in [6, 6.07) is 5.67. The third kappa shape index (κ3) is 3.39. The van der Waals surface area contributed by atoms with Gasteiger partial charge < -0.3 is 15.1 Å². The van der Waals surface area contributed by atoms with E-state index in [1.165, 1.54) is 0 Å². The topological polar surface area (TPSA) is 53.4 Å². The maximum absolute atomic E-state index is 12.4. The Bertz CT molecular complexity index is 749. The van der Waals surface area contributed by atoms with Crippen molar-refractivity contribution in [1.82, 2.24) is 14.7 Å². The Morgan fingerprint density at radius 1 is 1.21 bits per heavy atom. The summed E-state index contributed by atoms with van der Waals surface area (Å²) in [5, 5.41) is 7.64. The minimum absolute atomic E-state index is 0.177. The highest BCUT2D eigenvalue weighted by molar-refractivity contribution is 6.33. The van der Waals surface area contributed by atoms with Gasteiger partial charge in [-0.3, -0.25) is 9.48 Å². The first-order valence-corrected chi connectivity index (χ1v) is 8.36. The zero-order chi connectivity index (χ0) is 17.3. The minimum atomic E-state index is -0.177. The number of hydrogen-bond acceptors (Lipinski definition) is 4. The van der Waals surface area contributed by atoms with E-state index < -0.39 is 0 Å². The molecule has 0 aliphatic carbocycles. The third-order valence-corrected chi connectivity index (χ3v) is 4.83. The Kier molecular flexibility index (Phi) is 4.78. The molecule has 1 aromatic heterocycles. The lowest BCUT2D eigenvalue weighted by Gasteiger charge is -2.34. The van der Waals surface area contributed by atoms with Crippen LogP contribution in [0, 0.1) is 6.92 Å². The molecule has 6 nitrogen and oxygen atoms in total. The molecule has 1 fully saturated rings. The van der Waals surface area contributed by atoms with Crippen LogP contribution in [0.2, 0.25) is 5.02 Å². The van der Waals surface area contributed by atoms with Gasteiger partial charge >= 0.3 is 0 Å². The first kappa shape index (κ1) is 16.8. The van der Waals surface area contributed by atoms with Gasteiger partial charge in [-0.25, -0.2) is 0 Å². The molecule has 1 amide bonds. The fourth-order valence-corrected chi connectivity index (χ4v) is 3.11. The van der Waals surface area contributed by atoms with Gasteiger partial charge in [0.2, 0.25) is 0 Å². The molecule has 2 aromatic rings. The van der Waals surface area contributed by atoms with Crippen molar-refractivity contribution in [1.29, 1.82) is 0 Å². The van der Waals surface area contributed by atoms with Gasteiger partial charge in [0.05, 0.1) is 22.5 Å². The highest BCUT2D eigenvalue weighted by Gasteiger charge is 2.18. The van der Waals surface area contributed by atoms with E-state index in [1.54, 1.807) is 16.9 Å². The average Bonchev–Trinajstić information content (AvgIpc) is 2.88. The van der Waals surface area contributed by atoms with E-state index >= 15 is 0 Å². The molecule has 128 valence electrons. The van der Waals surface area contributed by atoms with Crippen LogP contribution in [0.15, 0.2) is 24.4 Å². The quantitative estimate of drug-likeness (QED) is 0.926. The second-order valence-corrected chi connectivity index (χ2v) is 6.59. The van der Waals surface area contributed by atoms with Crippen LogP contribution < -0.4 is 10.2 Å². The summed E-state index contributed by atoms with van der Waals surface area (Å²) >= 11 is 6.44. The van der Waals surface area contributed by atoms with Crippen molar-refractivity contribution in [3.63, 3.8) is 0 Å². The number of anilines is 2. The molecule has 0 saturated carbocycles. The van der Waals surface area contributed by atoms with E-state index in [9.17, 15) is 4.79 Å². The summed E-state index contributed by atoms with van der Waals surface area (Å²) in [6.45, 7) is 5.82. The molecule has 1 aliphatic heterocycles. The van der Waals surface area contributed by atoms with Gasteiger partial charge in [0.1, 0.15) is 0 Å². The number of hydrogen-bond donors (Lipinski definition) is 1. The lowest BCUT2D eigenvalue weighted by Crippen LogP contribution is -2.44. The molecule has 2 heterocycles. The maximum Gasteiger partial charge on any atom is 0.259 e. The fraction of sp³-hybridized carbons (Fsp3) is 0.412. The molecule has 1 aromatic carbocycles. The highest BCUT2D eigenvalue weighted by Crippen LogP contribution is 2.29. The lowest BCUT2D eigenvalue weighted by molar-refractivity contribution is 0.102. The second kappa shape index (κ2) is 6.83. The smallest absolute Gasteiger partial charge is 0.259 e. The first-order chi connectivity index (χ1) is 11.5. The number of carbonyl (C=O) groups is 1. The van der Waals surface area contributed by atoms with E-state index in [2.05, 4.69) is 27.3 Å². The summed E-state index contributed by atoms with van der Waals surface area (Å²) < 4.78 is 1.68. The van der Waals surface area contributed by atoms with Gasteiger partial charge in [0.25, 0.3) is 5.91 Å². The summed E-state index contributed by atoms with van der Waals surface area (Å²) in [5.74, 6) is -0.177. The molecule has 0 radical (unpaired) electrons. The maximum atomic E-state index is 12.4. The van der Waals surface area contributed by atoms with Crippen LogP contribution in [-0.2, 0) is 7.05 Å². The van der Waals surface area contributed by atoms with Crippen molar-refractivity contribution < 1.29 is 4.79 Å². The Morgan fingerprint density at radius 2 is 1.92 bits per heavy atom. The van der Waals surface area contributed by atoms with Gasteiger partial charge in [-0.2, -0.15) is 5.10 Å². The van der Waals surface area contributed by atoms with E-state index in [0.29, 0.717) is 16.3 Å². The summed E-state index contributed by atoms with van der Waals surface area (Å²) in [4.78, 5) is 16.9. The van der Waals surface area contributed by atoms with Crippen LogP contribution >= 0.6 is 11.6 Å². The molecule has 0 spiro atoms. The number of amides is 1. The number of nitrogens with one attached hydrogen (secondary N) is 1. The molecule has 0 atom stereocenters. The first-order valence-electron chi connectivity index (χ1n) is 7.98. The van der Waals surface area contributed by atoms with Gasteiger partial charge in [-0.15, -0.1) is 0 Å². The second-order valence-electron chi connectivity index (χ2n) is 6.18. The molecule has 0 unspecified atom stereocenters. The normalized spacial score (nSPS) is 15.6. The minimum Gasteiger partial charge on any atom is -0.368 e. The van der Waals surface area contributed by atoms with Crippen LogP contribution in [0.3, 0.4) is 0 Å². The van der Waals surface area contributed by atoms with E-state index in [1.807, 2.05) is 26.1 Å². The van der Waals surface area contributed by atoms with Crippen LogP contribution in [0.4, 0.5) is 11.4 Å². The van der Waals surface area contributed by atoms with Crippen LogP contribution in [0.5, 0.6) is 0 Å². The van der Waals surface area contributed by atoms with E-state index in [4.69, 9.17) is 11.6 Å². The Morgan fingerprint density at radius 3 is 2.50 bits per heavy atom. The van der Waals surface area contributed by atoms with E-state index in [-0.39, 0.29) is 5.91 Å². The van der Waals surface area contributed by atoms with Gasteiger partial charge in [0, 0.05) is 44.6 Å². The summed E-state index contributed by atoms with van der Waals surface area (Å²) in [6.07, 6.45) is 1.57. The van der Waals surface area contributed by atoms with Crippen LogP contribution in [-0.4, -0.2) is 53.8 Å². The fourth-order valence-electron chi connectivity index (χ4n) is 2.81. The Balaban J connectivity index is 1.73. The lowest BCUT2D eigenvalue weighted by atomic mass is 10.2. The van der Waals surface area contributed by atoms with Gasteiger partial charge in [-0.05, 0) is 32.2 Å². The SMILES string of the molecule is Cc1c(C(=O)Nc2ccc(N3CCN(C)CC3)c(Cl)c2)cnn1C. The average molecular weight is 348 g/mol. The zero-order valence-corrected chi connectivity index (χ0v) is 15.0. The number of aryl methyl sites for hydroxylation is 1. The monoisotopic (exact) mass is 347 g/mol. The molecule has 1 saturated heterocycles. The standard InChI is InChI=1S/C17H22ClN5O/c1-12-14(11-19-22(12)3)17(24)20-13-4-5-16(15(18)10-13)23-8-6-21(2)7-9-23/h4-5,10-11H,6-9H2,1-3H3,(H,20,24). The highest BCUT2D eigenvalue weighted by atomic mass is 35.5. The number of rotatable bonds is 3. The number of halogens is 1. The molecular formula is C17H22ClN5O. The zero-order valence-electron chi connectivity index (χ0n) is 14.2. The summed E-state index contributed by atoms with van der Waals surface area (Å²) in [5.41, 5.74) is 3.09. The Hall–Kier alpha value is -2.05. The third-order valence-electron chi connectivity index (χ3n) is 4.53. The molecule has 1 aliphatic rings. The van der Waals surface area contributed by atoms with Crippen molar-refractivity contribution in [2.45, 2.75) is 6.92 Å². The van der Waals surface area contributed by atoms with Gasteiger partial charge in [0.15, 0.2) is 0 Å². The molecule has 3 rings (SSSR count). The number of aromatic nitrogens is 2. The van der Waals surface area contributed by atoms with Crippen molar-refractivity contribution in [2.75, 3.05) is 43.4 Å². The largest absolute Gasteiger partial charge is 0.368 e. The van der Waals surface area contributed by atoms with Crippen molar-refractivity contribution in [3.05, 3.63) is 40.7 Å². The molecular weight excluding hydrogens is 326 g/mol. The molecule has 1 N–H and O–H groups in total. The van der Waals surface area contributed by atoms with E-state index in [0.717, 1.165) is 37.6 Å². The predicted molar refractivity (Wildman–Crippen MR) is 97.1 cm³/mol.